The number of aryl methyl sites for hydroxylation is 1. The second kappa shape index (κ2) is 2.48. The van der Waals surface area contributed by atoms with Crippen LogP contribution >= 0.6 is 11.5 Å². The van der Waals surface area contributed by atoms with Gasteiger partial charge in [0.15, 0.2) is 0 Å². The van der Waals surface area contributed by atoms with Crippen LogP contribution in [0.15, 0.2) is 6.07 Å². The minimum absolute atomic E-state index is 1.03. The molecule has 0 N–H and O–H groups in total. The van der Waals surface area contributed by atoms with Crippen LogP contribution in [0.25, 0.3) is 0 Å². The van der Waals surface area contributed by atoms with Gasteiger partial charge in [-0.05, 0) is 0 Å². The van der Waals surface area contributed by atoms with Gasteiger partial charge in [0.2, 0.25) is 0 Å². The average Bonchev–Trinajstić information content (AvgIpc) is 2.14. The molecular weight excluding hydrogens is 128 g/mol. The molecule has 0 spiro atoms. The number of nitrogens with zero attached hydrogens (tertiary/aromatic N) is 1. The van der Waals surface area contributed by atoms with Crippen molar-refractivity contribution in [3.63, 3.8) is 0 Å². The van der Waals surface area contributed by atoms with Gasteiger partial charge >= 0.3 is 60.2 Å². The van der Waals surface area contributed by atoms with Gasteiger partial charge < -0.3 is 0 Å². The summed E-state index contributed by atoms with van der Waals surface area (Å²) in [5.41, 5.74) is 1.03. The third kappa shape index (κ3) is 1.52. The number of aromatic nitrogens is 1. The van der Waals surface area contributed by atoms with E-state index in [4.69, 9.17) is 0 Å². The van der Waals surface area contributed by atoms with E-state index in [1.54, 1.807) is 0 Å². The normalized spacial score (nSPS) is 9.33. The van der Waals surface area contributed by atoms with E-state index in [1.807, 2.05) is 20.8 Å². The molecule has 0 amide bonds. The zero-order chi connectivity index (χ0) is 6.85. The van der Waals surface area contributed by atoms with E-state index in [0.29, 0.717) is 0 Å². The quantitative estimate of drug-likeness (QED) is 0.471. The van der Waals surface area contributed by atoms with Crippen LogP contribution in [0.2, 0.25) is 0 Å². The molecule has 0 aliphatic carbocycles. The summed E-state index contributed by atoms with van der Waals surface area (Å²) in [6.07, 6.45) is 0. The Morgan fingerprint density at radius 2 is 2.56 bits per heavy atom. The van der Waals surface area contributed by atoms with Crippen LogP contribution in [-0.2, 0) is 0 Å². The van der Waals surface area contributed by atoms with Crippen LogP contribution < -0.4 is 0 Å². The van der Waals surface area contributed by atoms with Crippen molar-refractivity contribution in [2.24, 2.45) is 0 Å². The number of hydrogen-bond donors (Lipinski definition) is 0. The summed E-state index contributed by atoms with van der Waals surface area (Å²) in [6.45, 7) is 2.05. The van der Waals surface area contributed by atoms with Gasteiger partial charge in [-0.3, -0.25) is 0 Å². The van der Waals surface area contributed by atoms with E-state index in [-0.39, 0.29) is 0 Å². The van der Waals surface area contributed by atoms with Crippen LogP contribution in [0.5, 0.6) is 0 Å². The number of rotatable bonds is 1. The van der Waals surface area contributed by atoms with Gasteiger partial charge in [0, 0.05) is 0 Å². The SMILES string of the molecule is B=C(B)c1cc(C)sn1. The molecule has 1 rings (SSSR count). The zero-order valence-electron chi connectivity index (χ0n) is 5.64. The molecule has 0 aliphatic rings. The monoisotopic (exact) mass is 135 g/mol. The van der Waals surface area contributed by atoms with E-state index in [0.717, 1.165) is 11.1 Å². The molecule has 4 heteroatoms. The maximum absolute atomic E-state index is 4.16. The molecule has 0 aromatic carbocycles. The van der Waals surface area contributed by atoms with Crippen LogP contribution in [0.3, 0.4) is 0 Å². The van der Waals surface area contributed by atoms with Crippen molar-refractivity contribution >= 4 is 32.2 Å². The van der Waals surface area contributed by atoms with Crippen LogP contribution in [0.1, 0.15) is 10.6 Å². The summed E-state index contributed by atoms with van der Waals surface area (Å²) in [5.74, 6) is 0. The molecule has 1 aromatic rings. The van der Waals surface area contributed by atoms with Crippen molar-refractivity contribution in [3.8, 4) is 0 Å². The Morgan fingerprint density at radius 1 is 1.89 bits per heavy atom. The molecule has 0 aliphatic heterocycles. The minimum atomic E-state index is 1.03. The predicted molar refractivity (Wildman–Crippen MR) is 46.7 cm³/mol. The molecule has 0 bridgehead atoms. The molecule has 0 unspecified atom stereocenters. The van der Waals surface area contributed by atoms with Gasteiger partial charge in [0.05, 0.1) is 0 Å². The Kier molecular flexibility index (Phi) is 1.86. The Morgan fingerprint density at radius 3 is 2.78 bits per heavy atom. The molecule has 0 atom stereocenters. The zero-order valence-corrected chi connectivity index (χ0v) is 6.46. The first-order valence-electron chi connectivity index (χ1n) is 2.79. The summed E-state index contributed by atoms with van der Waals surface area (Å²) in [6, 6.07) is 2.05. The fourth-order valence-corrected chi connectivity index (χ4v) is 1.18. The average molecular weight is 135 g/mol. The Labute approximate surface area is 60.8 Å². The van der Waals surface area contributed by atoms with E-state index in [1.165, 1.54) is 16.4 Å². The second-order valence-electron chi connectivity index (χ2n) is 2.10. The first-order chi connectivity index (χ1) is 4.20. The van der Waals surface area contributed by atoms with E-state index in [2.05, 4.69) is 11.9 Å². The van der Waals surface area contributed by atoms with Crippen molar-refractivity contribution in [2.75, 3.05) is 0 Å². The van der Waals surface area contributed by atoms with Crippen molar-refractivity contribution in [1.29, 1.82) is 0 Å². The summed E-state index contributed by atoms with van der Waals surface area (Å²) in [7, 11) is 5.75. The van der Waals surface area contributed by atoms with Crippen LogP contribution in [-0.4, -0.2) is 25.1 Å². The van der Waals surface area contributed by atoms with Crippen LogP contribution in [0.4, 0.5) is 0 Å². The van der Waals surface area contributed by atoms with Crippen LogP contribution in [0, 0.1) is 6.92 Å². The molecule has 44 valence electrons. The molecule has 1 heterocycles. The molecule has 0 saturated heterocycles. The second-order valence-corrected chi connectivity index (χ2v) is 3.11. The molecule has 0 saturated carbocycles. The first-order valence-corrected chi connectivity index (χ1v) is 3.56. The third-order valence-electron chi connectivity index (χ3n) is 1.07. The number of hydrogen-bond acceptors (Lipinski definition) is 2. The predicted octanol–water partition coefficient (Wildman–Crippen LogP) is -0.537. The van der Waals surface area contributed by atoms with E-state index >= 15 is 0 Å². The molecular formula is C5H7B2NS. The summed E-state index contributed by atoms with van der Waals surface area (Å²) in [4.78, 5) is 1.24. The molecule has 1 aromatic heterocycles. The summed E-state index contributed by atoms with van der Waals surface area (Å²) < 4.78 is 4.16. The Balaban J connectivity index is 2.98. The third-order valence-corrected chi connectivity index (χ3v) is 1.76. The molecule has 1 nitrogen and oxygen atoms in total. The topological polar surface area (TPSA) is 12.9 Å². The van der Waals surface area contributed by atoms with Crippen molar-refractivity contribution in [1.82, 2.24) is 4.37 Å². The molecule has 0 radical (unpaired) electrons. The van der Waals surface area contributed by atoms with Crippen molar-refractivity contribution in [3.05, 3.63) is 16.6 Å². The Bertz CT molecular complexity index is 231. The van der Waals surface area contributed by atoms with Gasteiger partial charge in [0.25, 0.3) is 0 Å². The van der Waals surface area contributed by atoms with Gasteiger partial charge in [0.1, 0.15) is 0 Å². The van der Waals surface area contributed by atoms with Gasteiger partial charge in [-0.25, -0.2) is 0 Å². The fraction of sp³-hybridized carbons (Fsp3) is 0.200. The standard InChI is InChI=1S/C5H7B2NS/c1-3-2-4(5(6)7)8-9-3/h2,6H,7H2,1H3. The molecule has 9 heavy (non-hydrogen) atoms. The van der Waals surface area contributed by atoms with E-state index < -0.39 is 0 Å². The maximum atomic E-state index is 4.16. The first kappa shape index (κ1) is 6.75. The summed E-state index contributed by atoms with van der Waals surface area (Å²) >= 11 is 1.52. The van der Waals surface area contributed by atoms with Gasteiger partial charge in [-0.15, -0.1) is 0 Å². The van der Waals surface area contributed by atoms with E-state index in [9.17, 15) is 0 Å². The summed E-state index contributed by atoms with van der Waals surface area (Å²) in [5, 5.41) is 1.04. The van der Waals surface area contributed by atoms with Gasteiger partial charge in [-0.1, -0.05) is 0 Å². The Hall–Kier alpha value is -0.370. The van der Waals surface area contributed by atoms with Gasteiger partial charge in [-0.2, -0.15) is 0 Å². The van der Waals surface area contributed by atoms with Crippen molar-refractivity contribution < 1.29 is 0 Å². The van der Waals surface area contributed by atoms with Crippen molar-refractivity contribution in [2.45, 2.75) is 6.92 Å². The molecule has 0 fully saturated rings. The fourth-order valence-electron chi connectivity index (χ4n) is 0.568.